The fraction of sp³-hybridized carbons (Fsp3) is 0.250. The summed E-state index contributed by atoms with van der Waals surface area (Å²) in [6.45, 7) is 0.328. The molecule has 0 atom stereocenters. The first-order valence-corrected chi connectivity index (χ1v) is 3.44. The van der Waals surface area contributed by atoms with Gasteiger partial charge in [0.25, 0.3) is 0 Å². The predicted molar refractivity (Wildman–Crippen MR) is 37.7 cm³/mol. The minimum atomic E-state index is -0.162. The van der Waals surface area contributed by atoms with Crippen LogP contribution in [0.25, 0.3) is 0 Å². The molecule has 0 amide bonds. The van der Waals surface area contributed by atoms with Crippen LogP contribution in [0.3, 0.4) is 0 Å². The summed E-state index contributed by atoms with van der Waals surface area (Å²) in [5.41, 5.74) is 1.87. The molecule has 0 spiro atoms. The van der Waals surface area contributed by atoms with Crippen LogP contribution >= 0.6 is 0 Å². The highest BCUT2D eigenvalue weighted by Gasteiger charge is 2.15. The Morgan fingerprint density at radius 1 is 1.55 bits per heavy atom. The van der Waals surface area contributed by atoms with Crippen molar-refractivity contribution < 1.29 is 9.53 Å². The third kappa shape index (κ3) is 1.09. The summed E-state index contributed by atoms with van der Waals surface area (Å²) in [6, 6.07) is 3.74. The van der Waals surface area contributed by atoms with Gasteiger partial charge in [0.1, 0.15) is 6.61 Å². The second kappa shape index (κ2) is 2.34. The molecule has 3 heteroatoms. The van der Waals surface area contributed by atoms with Crippen molar-refractivity contribution >= 4 is 5.97 Å². The second-order valence-corrected chi connectivity index (χ2v) is 2.45. The van der Waals surface area contributed by atoms with Crippen molar-refractivity contribution in [3.63, 3.8) is 0 Å². The number of aromatic nitrogens is 1. The minimum Gasteiger partial charge on any atom is -0.459 e. The van der Waals surface area contributed by atoms with E-state index in [1.54, 1.807) is 6.20 Å². The fourth-order valence-corrected chi connectivity index (χ4v) is 1.12. The van der Waals surface area contributed by atoms with Gasteiger partial charge in [0.05, 0.1) is 12.1 Å². The number of carbonyl (C=O) groups is 1. The SMILES string of the molecule is O=C1Cc2cccnc2CO1. The topological polar surface area (TPSA) is 39.2 Å². The molecule has 56 valence electrons. The van der Waals surface area contributed by atoms with Crippen molar-refractivity contribution in [1.29, 1.82) is 0 Å². The summed E-state index contributed by atoms with van der Waals surface area (Å²) < 4.78 is 4.80. The molecule has 1 aromatic rings. The molecule has 0 unspecified atom stereocenters. The van der Waals surface area contributed by atoms with E-state index in [0.29, 0.717) is 13.0 Å². The van der Waals surface area contributed by atoms with Gasteiger partial charge in [0.15, 0.2) is 0 Å². The number of pyridine rings is 1. The molecule has 0 aliphatic carbocycles. The van der Waals surface area contributed by atoms with Crippen LogP contribution in [-0.2, 0) is 22.6 Å². The standard InChI is InChI=1S/C8H7NO2/c10-8-4-6-2-1-3-9-7(6)5-11-8/h1-3H,4-5H2. The van der Waals surface area contributed by atoms with Crippen molar-refractivity contribution in [3.8, 4) is 0 Å². The van der Waals surface area contributed by atoms with Crippen LogP contribution in [-0.4, -0.2) is 11.0 Å². The van der Waals surface area contributed by atoms with E-state index < -0.39 is 0 Å². The van der Waals surface area contributed by atoms with E-state index >= 15 is 0 Å². The van der Waals surface area contributed by atoms with Gasteiger partial charge in [-0.2, -0.15) is 0 Å². The quantitative estimate of drug-likeness (QED) is 0.509. The molecule has 1 aliphatic heterocycles. The normalized spacial score (nSPS) is 15.5. The van der Waals surface area contributed by atoms with Gasteiger partial charge in [0.2, 0.25) is 0 Å². The van der Waals surface area contributed by atoms with Crippen molar-refractivity contribution in [3.05, 3.63) is 29.6 Å². The lowest BCUT2D eigenvalue weighted by Crippen LogP contribution is -2.16. The number of hydrogen-bond acceptors (Lipinski definition) is 3. The lowest BCUT2D eigenvalue weighted by atomic mass is 10.1. The third-order valence-corrected chi connectivity index (χ3v) is 1.69. The average molecular weight is 149 g/mol. The summed E-state index contributed by atoms with van der Waals surface area (Å²) in [6.07, 6.45) is 2.07. The zero-order chi connectivity index (χ0) is 7.68. The summed E-state index contributed by atoms with van der Waals surface area (Å²) in [5, 5.41) is 0. The third-order valence-electron chi connectivity index (χ3n) is 1.69. The molecule has 1 aliphatic rings. The van der Waals surface area contributed by atoms with E-state index in [0.717, 1.165) is 11.3 Å². The number of ether oxygens (including phenoxy) is 1. The average Bonchev–Trinajstić information content (AvgIpc) is 2.04. The zero-order valence-electron chi connectivity index (χ0n) is 5.91. The molecule has 1 aromatic heterocycles. The van der Waals surface area contributed by atoms with Crippen molar-refractivity contribution in [2.24, 2.45) is 0 Å². The van der Waals surface area contributed by atoms with Gasteiger partial charge in [-0.3, -0.25) is 9.78 Å². The molecule has 0 aromatic carbocycles. The number of hydrogen-bond donors (Lipinski definition) is 0. The Morgan fingerprint density at radius 3 is 3.36 bits per heavy atom. The van der Waals surface area contributed by atoms with Crippen LogP contribution in [0.4, 0.5) is 0 Å². The summed E-state index contributed by atoms with van der Waals surface area (Å²) in [4.78, 5) is 14.9. The smallest absolute Gasteiger partial charge is 0.310 e. The molecule has 0 N–H and O–H groups in total. The Kier molecular flexibility index (Phi) is 1.35. The van der Waals surface area contributed by atoms with Gasteiger partial charge < -0.3 is 4.74 Å². The van der Waals surface area contributed by atoms with Crippen molar-refractivity contribution in [2.45, 2.75) is 13.0 Å². The van der Waals surface area contributed by atoms with E-state index in [2.05, 4.69) is 4.98 Å². The zero-order valence-corrected chi connectivity index (χ0v) is 5.91. The Balaban J connectivity index is 2.41. The molecule has 2 rings (SSSR count). The molecule has 0 bridgehead atoms. The predicted octanol–water partition coefficient (Wildman–Crippen LogP) is 0.681. The molecular weight excluding hydrogens is 142 g/mol. The van der Waals surface area contributed by atoms with E-state index in [1.165, 1.54) is 0 Å². The number of nitrogens with zero attached hydrogens (tertiary/aromatic N) is 1. The second-order valence-electron chi connectivity index (χ2n) is 2.45. The van der Waals surface area contributed by atoms with Gasteiger partial charge in [-0.15, -0.1) is 0 Å². The molecule has 0 radical (unpaired) electrons. The lowest BCUT2D eigenvalue weighted by molar-refractivity contribution is -0.145. The van der Waals surface area contributed by atoms with Crippen molar-refractivity contribution in [1.82, 2.24) is 4.98 Å². The number of carbonyl (C=O) groups excluding carboxylic acids is 1. The molecular formula is C8H7NO2. The highest BCUT2D eigenvalue weighted by Crippen LogP contribution is 2.13. The highest BCUT2D eigenvalue weighted by molar-refractivity contribution is 5.74. The Morgan fingerprint density at radius 2 is 2.45 bits per heavy atom. The van der Waals surface area contributed by atoms with E-state index in [-0.39, 0.29) is 5.97 Å². The van der Waals surface area contributed by atoms with Crippen LogP contribution in [0, 0.1) is 0 Å². The number of fused-ring (bicyclic) bond motifs is 1. The monoisotopic (exact) mass is 149 g/mol. The first-order chi connectivity index (χ1) is 5.36. The number of esters is 1. The minimum absolute atomic E-state index is 0.162. The molecule has 0 saturated heterocycles. The van der Waals surface area contributed by atoms with Gasteiger partial charge in [-0.25, -0.2) is 0 Å². The van der Waals surface area contributed by atoms with Gasteiger partial charge in [-0.05, 0) is 11.6 Å². The van der Waals surface area contributed by atoms with Gasteiger partial charge in [-0.1, -0.05) is 6.07 Å². The largest absolute Gasteiger partial charge is 0.459 e. The molecule has 2 heterocycles. The number of rotatable bonds is 0. The Bertz CT molecular complexity index is 296. The first kappa shape index (κ1) is 6.34. The van der Waals surface area contributed by atoms with Gasteiger partial charge in [0, 0.05) is 6.20 Å². The summed E-state index contributed by atoms with van der Waals surface area (Å²) in [5.74, 6) is -0.162. The molecule has 11 heavy (non-hydrogen) atoms. The summed E-state index contributed by atoms with van der Waals surface area (Å²) in [7, 11) is 0. The molecule has 0 fully saturated rings. The van der Waals surface area contributed by atoms with E-state index in [1.807, 2.05) is 12.1 Å². The molecule has 3 nitrogen and oxygen atoms in total. The van der Waals surface area contributed by atoms with Crippen LogP contribution in [0.1, 0.15) is 11.3 Å². The lowest BCUT2D eigenvalue weighted by Gasteiger charge is -2.13. The van der Waals surface area contributed by atoms with E-state index in [9.17, 15) is 4.79 Å². The number of cyclic esters (lactones) is 1. The maximum Gasteiger partial charge on any atom is 0.310 e. The molecule has 0 saturated carbocycles. The van der Waals surface area contributed by atoms with Crippen molar-refractivity contribution in [2.75, 3.05) is 0 Å². The maximum atomic E-state index is 10.8. The maximum absolute atomic E-state index is 10.8. The van der Waals surface area contributed by atoms with E-state index in [4.69, 9.17) is 4.74 Å². The van der Waals surface area contributed by atoms with Crippen LogP contribution in [0.15, 0.2) is 18.3 Å². The van der Waals surface area contributed by atoms with Gasteiger partial charge >= 0.3 is 5.97 Å². The van der Waals surface area contributed by atoms with Crippen LogP contribution in [0.5, 0.6) is 0 Å². The Labute approximate surface area is 64.0 Å². The summed E-state index contributed by atoms with van der Waals surface area (Å²) >= 11 is 0. The van der Waals surface area contributed by atoms with Crippen LogP contribution in [0.2, 0.25) is 0 Å². The highest BCUT2D eigenvalue weighted by atomic mass is 16.5. The first-order valence-electron chi connectivity index (χ1n) is 3.44. The van der Waals surface area contributed by atoms with Crippen LogP contribution < -0.4 is 0 Å². The fourth-order valence-electron chi connectivity index (χ4n) is 1.12. The Hall–Kier alpha value is -1.38.